The second kappa shape index (κ2) is 3.98. The molecule has 0 atom stereocenters. The summed E-state index contributed by atoms with van der Waals surface area (Å²) < 4.78 is 4.67. The van der Waals surface area contributed by atoms with E-state index in [9.17, 15) is 9.59 Å². The molecule has 1 aromatic carbocycles. The van der Waals surface area contributed by atoms with Gasteiger partial charge in [-0.3, -0.25) is 4.79 Å². The van der Waals surface area contributed by atoms with Crippen molar-refractivity contribution in [1.82, 2.24) is 9.97 Å². The predicted molar refractivity (Wildman–Crippen MR) is 72.5 cm³/mol. The number of aryl methyl sites for hydroxylation is 1. The normalized spacial score (nSPS) is 11.1. The number of hydrogen-bond acceptors (Lipinski definition) is 3. The van der Waals surface area contributed by atoms with Crippen molar-refractivity contribution in [2.45, 2.75) is 6.92 Å². The maximum Gasteiger partial charge on any atom is 0.343 e. The molecule has 2 aromatic heterocycles. The number of fused-ring (bicyclic) bond motifs is 3. The molecule has 0 aliphatic carbocycles. The zero-order valence-electron chi connectivity index (χ0n) is 10.5. The Morgan fingerprint density at radius 2 is 1.95 bits per heavy atom. The van der Waals surface area contributed by atoms with Gasteiger partial charge in [-0.25, -0.2) is 4.79 Å². The fourth-order valence-corrected chi connectivity index (χ4v) is 2.36. The molecule has 19 heavy (non-hydrogen) atoms. The number of nitrogens with one attached hydrogen (secondary N) is 2. The summed E-state index contributed by atoms with van der Waals surface area (Å²) in [5, 5.41) is 1.28. The Hall–Kier alpha value is -2.56. The standard InChI is InChI=1S/C14H12N2O3/c1-7-10(14(18)19-2)12(17)11-8-5-3-4-6-9(8)16-13(11)15-7/h3-6H,1-2H3,(H2,15,16,17). The highest BCUT2D eigenvalue weighted by atomic mass is 16.5. The Labute approximate surface area is 108 Å². The van der Waals surface area contributed by atoms with Crippen LogP contribution in [0.15, 0.2) is 29.1 Å². The molecule has 0 unspecified atom stereocenters. The molecule has 3 rings (SSSR count). The molecule has 0 aliphatic rings. The van der Waals surface area contributed by atoms with Crippen LogP contribution in [-0.4, -0.2) is 23.0 Å². The Balaban J connectivity index is 2.52. The molecule has 5 heteroatoms. The smallest absolute Gasteiger partial charge is 0.343 e. The van der Waals surface area contributed by atoms with E-state index in [2.05, 4.69) is 14.7 Å². The van der Waals surface area contributed by atoms with Crippen LogP contribution in [0.25, 0.3) is 21.9 Å². The number of esters is 1. The van der Waals surface area contributed by atoms with Gasteiger partial charge < -0.3 is 14.7 Å². The number of carbonyl (C=O) groups is 1. The first-order valence-electron chi connectivity index (χ1n) is 5.85. The van der Waals surface area contributed by atoms with Crippen LogP contribution in [0.2, 0.25) is 0 Å². The molecule has 0 amide bonds. The number of carbonyl (C=O) groups excluding carboxylic acids is 1. The van der Waals surface area contributed by atoms with E-state index in [-0.39, 0.29) is 11.0 Å². The Kier molecular flexibility index (Phi) is 2.41. The van der Waals surface area contributed by atoms with Crippen molar-refractivity contribution < 1.29 is 9.53 Å². The molecular formula is C14H12N2O3. The summed E-state index contributed by atoms with van der Waals surface area (Å²) in [7, 11) is 1.26. The first-order valence-corrected chi connectivity index (χ1v) is 5.85. The zero-order valence-corrected chi connectivity index (χ0v) is 10.5. The van der Waals surface area contributed by atoms with Crippen molar-refractivity contribution in [2.75, 3.05) is 7.11 Å². The van der Waals surface area contributed by atoms with Crippen LogP contribution >= 0.6 is 0 Å². The van der Waals surface area contributed by atoms with Gasteiger partial charge in [-0.15, -0.1) is 0 Å². The lowest BCUT2D eigenvalue weighted by molar-refractivity contribution is 0.0598. The number of benzene rings is 1. The quantitative estimate of drug-likeness (QED) is 0.655. The topological polar surface area (TPSA) is 75.0 Å². The molecule has 0 bridgehead atoms. The molecule has 5 nitrogen and oxygen atoms in total. The van der Waals surface area contributed by atoms with Gasteiger partial charge in [0.1, 0.15) is 11.2 Å². The van der Waals surface area contributed by atoms with E-state index >= 15 is 0 Å². The van der Waals surface area contributed by atoms with Crippen LogP contribution in [0, 0.1) is 6.92 Å². The minimum Gasteiger partial charge on any atom is -0.465 e. The fraction of sp³-hybridized carbons (Fsp3) is 0.143. The van der Waals surface area contributed by atoms with E-state index in [1.165, 1.54) is 7.11 Å². The highest BCUT2D eigenvalue weighted by molar-refractivity contribution is 6.08. The molecule has 0 spiro atoms. The van der Waals surface area contributed by atoms with E-state index in [0.717, 1.165) is 10.9 Å². The average Bonchev–Trinajstić information content (AvgIpc) is 2.76. The summed E-state index contributed by atoms with van der Waals surface area (Å²) in [6, 6.07) is 7.47. The van der Waals surface area contributed by atoms with Crippen molar-refractivity contribution >= 4 is 27.9 Å². The molecular weight excluding hydrogens is 244 g/mol. The van der Waals surface area contributed by atoms with Gasteiger partial charge in [0, 0.05) is 16.6 Å². The lowest BCUT2D eigenvalue weighted by atomic mass is 10.1. The monoisotopic (exact) mass is 256 g/mol. The number of rotatable bonds is 1. The summed E-state index contributed by atoms with van der Waals surface area (Å²) in [5.74, 6) is -0.620. The summed E-state index contributed by atoms with van der Waals surface area (Å²) in [6.45, 7) is 1.68. The zero-order chi connectivity index (χ0) is 13.6. The molecule has 96 valence electrons. The van der Waals surface area contributed by atoms with Gasteiger partial charge in [0.15, 0.2) is 0 Å². The van der Waals surface area contributed by atoms with Gasteiger partial charge in [-0.05, 0) is 13.0 Å². The highest BCUT2D eigenvalue weighted by Crippen LogP contribution is 2.22. The summed E-state index contributed by atoms with van der Waals surface area (Å²) in [4.78, 5) is 30.4. The molecule has 0 aliphatic heterocycles. The van der Waals surface area contributed by atoms with Crippen LogP contribution in [0.5, 0.6) is 0 Å². The Morgan fingerprint density at radius 3 is 2.68 bits per heavy atom. The van der Waals surface area contributed by atoms with Crippen molar-refractivity contribution in [3.63, 3.8) is 0 Å². The number of aromatic amines is 2. The molecule has 0 radical (unpaired) electrons. The molecule has 0 saturated carbocycles. The number of H-pyrrole nitrogens is 2. The number of para-hydroxylation sites is 1. The lowest BCUT2D eigenvalue weighted by Gasteiger charge is -2.03. The van der Waals surface area contributed by atoms with Gasteiger partial charge in [0.05, 0.1) is 12.5 Å². The average molecular weight is 256 g/mol. The number of aromatic nitrogens is 2. The van der Waals surface area contributed by atoms with Gasteiger partial charge in [-0.2, -0.15) is 0 Å². The number of hydrogen-bond donors (Lipinski definition) is 2. The van der Waals surface area contributed by atoms with E-state index in [1.807, 2.05) is 24.3 Å². The summed E-state index contributed by atoms with van der Waals surface area (Å²) in [6.07, 6.45) is 0. The second-order valence-corrected chi connectivity index (χ2v) is 4.37. The third kappa shape index (κ3) is 1.55. The van der Waals surface area contributed by atoms with Crippen molar-refractivity contribution in [2.24, 2.45) is 0 Å². The molecule has 0 saturated heterocycles. The molecule has 2 N–H and O–H groups in total. The van der Waals surface area contributed by atoms with Gasteiger partial charge in [0.2, 0.25) is 5.43 Å². The Morgan fingerprint density at radius 1 is 1.21 bits per heavy atom. The maximum absolute atomic E-state index is 12.5. The summed E-state index contributed by atoms with van der Waals surface area (Å²) >= 11 is 0. The fourth-order valence-electron chi connectivity index (χ4n) is 2.36. The van der Waals surface area contributed by atoms with Crippen molar-refractivity contribution in [1.29, 1.82) is 0 Å². The minimum absolute atomic E-state index is 0.0553. The van der Waals surface area contributed by atoms with Crippen LogP contribution in [0.3, 0.4) is 0 Å². The minimum atomic E-state index is -0.620. The Bertz CT molecular complexity index is 858. The van der Waals surface area contributed by atoms with Crippen LogP contribution in [-0.2, 0) is 4.74 Å². The van der Waals surface area contributed by atoms with Crippen LogP contribution in [0.4, 0.5) is 0 Å². The maximum atomic E-state index is 12.5. The largest absolute Gasteiger partial charge is 0.465 e. The van der Waals surface area contributed by atoms with E-state index in [0.29, 0.717) is 16.7 Å². The lowest BCUT2D eigenvalue weighted by Crippen LogP contribution is -2.19. The van der Waals surface area contributed by atoms with Crippen LogP contribution < -0.4 is 5.43 Å². The van der Waals surface area contributed by atoms with Gasteiger partial charge in [0.25, 0.3) is 0 Å². The van der Waals surface area contributed by atoms with E-state index in [1.54, 1.807) is 6.92 Å². The van der Waals surface area contributed by atoms with Gasteiger partial charge in [-0.1, -0.05) is 18.2 Å². The van der Waals surface area contributed by atoms with E-state index < -0.39 is 5.97 Å². The molecule has 3 aromatic rings. The number of ether oxygens (including phenoxy) is 1. The first kappa shape index (κ1) is 11.5. The third-order valence-corrected chi connectivity index (χ3v) is 3.24. The molecule has 0 fully saturated rings. The summed E-state index contributed by atoms with van der Waals surface area (Å²) in [5.41, 5.74) is 1.72. The number of pyridine rings is 1. The predicted octanol–water partition coefficient (Wildman–Crippen LogP) is 2.10. The first-order chi connectivity index (χ1) is 9.13. The van der Waals surface area contributed by atoms with Gasteiger partial charge >= 0.3 is 5.97 Å². The van der Waals surface area contributed by atoms with Crippen LogP contribution in [0.1, 0.15) is 16.1 Å². The third-order valence-electron chi connectivity index (χ3n) is 3.24. The number of methoxy groups -OCH3 is 1. The highest BCUT2D eigenvalue weighted by Gasteiger charge is 2.19. The SMILES string of the molecule is COC(=O)c1c(C)[nH]c2[nH]c3ccccc3c2c1=O. The second-order valence-electron chi connectivity index (χ2n) is 4.37. The molecule has 2 heterocycles. The van der Waals surface area contributed by atoms with Crippen molar-refractivity contribution in [3.05, 3.63) is 45.7 Å². The van der Waals surface area contributed by atoms with Crippen molar-refractivity contribution in [3.8, 4) is 0 Å². The van der Waals surface area contributed by atoms with E-state index in [4.69, 9.17) is 0 Å².